The van der Waals surface area contributed by atoms with Crippen LogP contribution in [-0.2, 0) is 6.42 Å². The van der Waals surface area contributed by atoms with Crippen molar-refractivity contribution in [3.8, 4) is 0 Å². The zero-order valence-corrected chi connectivity index (χ0v) is 10.2. The van der Waals surface area contributed by atoms with E-state index in [0.29, 0.717) is 6.04 Å². The Morgan fingerprint density at radius 2 is 2.12 bits per heavy atom. The number of hydrogen-bond acceptors (Lipinski definition) is 3. The van der Waals surface area contributed by atoms with Crippen molar-refractivity contribution >= 4 is 11.3 Å². The predicted molar refractivity (Wildman–Crippen MR) is 68.7 cm³/mol. The summed E-state index contributed by atoms with van der Waals surface area (Å²) in [4.78, 5) is 5.50. The van der Waals surface area contributed by atoms with Gasteiger partial charge in [0, 0.05) is 23.3 Å². The minimum atomic E-state index is 0.421. The molecule has 0 radical (unpaired) electrons. The first-order valence-electron chi connectivity index (χ1n) is 5.49. The maximum Gasteiger partial charge on any atom is 0.0322 e. The molecule has 2 aromatic heterocycles. The van der Waals surface area contributed by atoms with Crippen LogP contribution in [0.1, 0.15) is 22.9 Å². The lowest BCUT2D eigenvalue weighted by atomic mass is 10.0. The molecule has 2 rings (SSSR count). The zero-order chi connectivity index (χ0) is 11.2. The van der Waals surface area contributed by atoms with E-state index in [-0.39, 0.29) is 0 Å². The van der Waals surface area contributed by atoms with Gasteiger partial charge in [-0.05, 0) is 49.0 Å². The van der Waals surface area contributed by atoms with Crippen molar-refractivity contribution < 1.29 is 0 Å². The Hall–Kier alpha value is -1.19. The van der Waals surface area contributed by atoms with Crippen molar-refractivity contribution in [1.29, 1.82) is 0 Å². The highest BCUT2D eigenvalue weighted by Crippen LogP contribution is 2.20. The highest BCUT2D eigenvalue weighted by atomic mass is 32.1. The number of pyridine rings is 1. The van der Waals surface area contributed by atoms with E-state index in [1.54, 1.807) is 0 Å². The van der Waals surface area contributed by atoms with E-state index in [1.807, 2.05) is 30.8 Å². The molecule has 0 aromatic carbocycles. The summed E-state index contributed by atoms with van der Waals surface area (Å²) in [7, 11) is 2.01. The van der Waals surface area contributed by atoms with Crippen LogP contribution in [0.2, 0.25) is 0 Å². The molecule has 0 fully saturated rings. The molecule has 0 saturated carbocycles. The molecule has 1 atom stereocenters. The van der Waals surface area contributed by atoms with Crippen LogP contribution in [0.15, 0.2) is 42.0 Å². The summed E-state index contributed by atoms with van der Waals surface area (Å²) < 4.78 is 0. The van der Waals surface area contributed by atoms with Gasteiger partial charge in [-0.2, -0.15) is 0 Å². The maximum atomic E-state index is 4.05. The quantitative estimate of drug-likeness (QED) is 0.857. The third-order valence-corrected chi connectivity index (χ3v) is 3.65. The monoisotopic (exact) mass is 232 g/mol. The van der Waals surface area contributed by atoms with Crippen LogP contribution < -0.4 is 5.32 Å². The van der Waals surface area contributed by atoms with E-state index in [0.717, 1.165) is 12.8 Å². The number of hydrogen-bond donors (Lipinski definition) is 1. The second-order valence-corrected chi connectivity index (χ2v) is 4.77. The van der Waals surface area contributed by atoms with Crippen molar-refractivity contribution in [2.75, 3.05) is 7.05 Å². The Morgan fingerprint density at radius 1 is 1.31 bits per heavy atom. The van der Waals surface area contributed by atoms with Gasteiger partial charge in [-0.15, -0.1) is 11.3 Å². The molecule has 16 heavy (non-hydrogen) atoms. The topological polar surface area (TPSA) is 24.9 Å². The number of aryl methyl sites for hydroxylation is 1. The molecule has 3 heteroatoms. The molecule has 2 aromatic rings. The van der Waals surface area contributed by atoms with Crippen LogP contribution in [0.4, 0.5) is 0 Å². The fraction of sp³-hybridized carbons (Fsp3) is 0.308. The van der Waals surface area contributed by atoms with Gasteiger partial charge in [-0.3, -0.25) is 4.98 Å². The van der Waals surface area contributed by atoms with E-state index in [2.05, 4.69) is 39.9 Å². The van der Waals surface area contributed by atoms with Gasteiger partial charge in [0.2, 0.25) is 0 Å². The number of aromatic nitrogens is 1. The summed E-state index contributed by atoms with van der Waals surface area (Å²) in [6, 6.07) is 8.89. The Kier molecular flexibility index (Phi) is 4.08. The van der Waals surface area contributed by atoms with Gasteiger partial charge in [0.15, 0.2) is 0 Å². The van der Waals surface area contributed by atoms with Gasteiger partial charge in [0.1, 0.15) is 0 Å². The zero-order valence-electron chi connectivity index (χ0n) is 9.39. The summed E-state index contributed by atoms with van der Waals surface area (Å²) in [6.07, 6.45) is 5.96. The molecule has 1 unspecified atom stereocenters. The van der Waals surface area contributed by atoms with Crippen LogP contribution in [0.25, 0.3) is 0 Å². The van der Waals surface area contributed by atoms with Crippen LogP contribution >= 0.6 is 11.3 Å². The standard InChI is InChI=1S/C13H16N2S/c1-14-13(11-6-8-15-9-7-11)5-4-12-3-2-10-16-12/h2-3,6-10,13-14H,4-5H2,1H3. The van der Waals surface area contributed by atoms with Gasteiger partial charge in [-0.25, -0.2) is 0 Å². The minimum Gasteiger partial charge on any atom is -0.313 e. The van der Waals surface area contributed by atoms with Crippen molar-refractivity contribution in [3.63, 3.8) is 0 Å². The Balaban J connectivity index is 1.96. The van der Waals surface area contributed by atoms with Crippen molar-refractivity contribution in [2.45, 2.75) is 18.9 Å². The Labute approximate surface area is 100 Å². The van der Waals surface area contributed by atoms with Gasteiger partial charge >= 0.3 is 0 Å². The lowest BCUT2D eigenvalue weighted by Crippen LogP contribution is -2.16. The van der Waals surface area contributed by atoms with Gasteiger partial charge in [-0.1, -0.05) is 6.07 Å². The Morgan fingerprint density at radius 3 is 2.75 bits per heavy atom. The summed E-state index contributed by atoms with van der Waals surface area (Å²) >= 11 is 1.83. The summed E-state index contributed by atoms with van der Waals surface area (Å²) in [5.41, 5.74) is 1.31. The van der Waals surface area contributed by atoms with E-state index in [9.17, 15) is 0 Å². The predicted octanol–water partition coefficient (Wildman–Crippen LogP) is 3.04. The molecule has 0 saturated heterocycles. The van der Waals surface area contributed by atoms with Crippen molar-refractivity contribution in [2.24, 2.45) is 0 Å². The highest BCUT2D eigenvalue weighted by Gasteiger charge is 2.08. The fourth-order valence-electron chi connectivity index (χ4n) is 1.81. The first-order chi connectivity index (χ1) is 7.90. The second kappa shape index (κ2) is 5.77. The number of thiophene rings is 1. The lowest BCUT2D eigenvalue weighted by Gasteiger charge is -2.15. The number of rotatable bonds is 5. The average Bonchev–Trinajstić information content (AvgIpc) is 2.84. The molecule has 0 aliphatic rings. The largest absolute Gasteiger partial charge is 0.313 e. The van der Waals surface area contributed by atoms with Crippen LogP contribution in [-0.4, -0.2) is 12.0 Å². The van der Waals surface area contributed by atoms with Crippen molar-refractivity contribution in [1.82, 2.24) is 10.3 Å². The molecule has 84 valence electrons. The summed E-state index contributed by atoms with van der Waals surface area (Å²) in [5, 5.41) is 5.49. The first kappa shape index (κ1) is 11.3. The first-order valence-corrected chi connectivity index (χ1v) is 6.37. The molecule has 0 bridgehead atoms. The molecule has 1 N–H and O–H groups in total. The molecular formula is C13H16N2S. The molecular weight excluding hydrogens is 216 g/mol. The molecule has 0 amide bonds. The lowest BCUT2D eigenvalue weighted by molar-refractivity contribution is 0.551. The minimum absolute atomic E-state index is 0.421. The van der Waals surface area contributed by atoms with Crippen LogP contribution in [0.3, 0.4) is 0 Å². The third kappa shape index (κ3) is 2.90. The van der Waals surface area contributed by atoms with E-state index >= 15 is 0 Å². The molecule has 2 heterocycles. The van der Waals surface area contributed by atoms with Gasteiger partial charge in [0.05, 0.1) is 0 Å². The second-order valence-electron chi connectivity index (χ2n) is 3.74. The van der Waals surface area contributed by atoms with Gasteiger partial charge < -0.3 is 5.32 Å². The molecule has 2 nitrogen and oxygen atoms in total. The maximum absolute atomic E-state index is 4.05. The Bertz CT molecular complexity index is 397. The van der Waals surface area contributed by atoms with E-state index in [4.69, 9.17) is 0 Å². The molecule has 0 aliphatic heterocycles. The molecule has 0 spiro atoms. The SMILES string of the molecule is CNC(CCc1cccs1)c1ccncc1. The smallest absolute Gasteiger partial charge is 0.0322 e. The van der Waals surface area contributed by atoms with E-state index < -0.39 is 0 Å². The summed E-state index contributed by atoms with van der Waals surface area (Å²) in [5.74, 6) is 0. The highest BCUT2D eigenvalue weighted by molar-refractivity contribution is 7.09. The average molecular weight is 232 g/mol. The van der Waals surface area contributed by atoms with Crippen LogP contribution in [0, 0.1) is 0 Å². The van der Waals surface area contributed by atoms with E-state index in [1.165, 1.54) is 10.4 Å². The third-order valence-electron chi connectivity index (χ3n) is 2.72. The molecule has 0 aliphatic carbocycles. The summed E-state index contributed by atoms with van der Waals surface area (Å²) in [6.45, 7) is 0. The number of nitrogens with zero attached hydrogens (tertiary/aromatic N) is 1. The number of nitrogens with one attached hydrogen (secondary N) is 1. The van der Waals surface area contributed by atoms with Gasteiger partial charge in [0.25, 0.3) is 0 Å². The fourth-order valence-corrected chi connectivity index (χ4v) is 2.54. The van der Waals surface area contributed by atoms with Crippen LogP contribution in [0.5, 0.6) is 0 Å². The normalized spacial score (nSPS) is 12.6. The van der Waals surface area contributed by atoms with Crippen molar-refractivity contribution in [3.05, 3.63) is 52.5 Å².